The molecule has 0 amide bonds. The van der Waals surface area contributed by atoms with E-state index in [0.717, 1.165) is 31.6 Å². The first-order chi connectivity index (χ1) is 9.01. The van der Waals surface area contributed by atoms with Crippen LogP contribution in [0.1, 0.15) is 44.9 Å². The lowest BCUT2D eigenvalue weighted by molar-refractivity contribution is -0.138. The van der Waals surface area contributed by atoms with Crippen molar-refractivity contribution in [3.05, 3.63) is 0 Å². The maximum absolute atomic E-state index is 12.1. The molecule has 2 unspecified atom stereocenters. The van der Waals surface area contributed by atoms with Gasteiger partial charge in [-0.25, -0.2) is 0 Å². The SMILES string of the molecule is CN1CCCCC1CCS(=O)CC1(CC(=O)O)CC1. The van der Waals surface area contributed by atoms with Crippen LogP contribution < -0.4 is 0 Å². The maximum Gasteiger partial charge on any atom is 0.303 e. The molecule has 4 nitrogen and oxygen atoms in total. The van der Waals surface area contributed by atoms with Gasteiger partial charge in [-0.05, 0) is 51.1 Å². The summed E-state index contributed by atoms with van der Waals surface area (Å²) >= 11 is 0. The average molecular weight is 287 g/mol. The predicted octanol–water partition coefficient (Wildman–Crippen LogP) is 1.86. The van der Waals surface area contributed by atoms with Gasteiger partial charge in [-0.2, -0.15) is 0 Å². The van der Waals surface area contributed by atoms with Crippen molar-refractivity contribution in [3.8, 4) is 0 Å². The van der Waals surface area contributed by atoms with E-state index >= 15 is 0 Å². The second-order valence-corrected chi connectivity index (χ2v) is 7.85. The highest BCUT2D eigenvalue weighted by molar-refractivity contribution is 7.85. The fourth-order valence-electron chi connectivity index (χ4n) is 3.06. The molecule has 1 saturated heterocycles. The van der Waals surface area contributed by atoms with E-state index in [1.165, 1.54) is 19.3 Å². The van der Waals surface area contributed by atoms with E-state index in [2.05, 4.69) is 11.9 Å². The average Bonchev–Trinajstić information content (AvgIpc) is 3.06. The number of carboxylic acid groups (broad SMARTS) is 1. The largest absolute Gasteiger partial charge is 0.481 e. The van der Waals surface area contributed by atoms with E-state index < -0.39 is 16.8 Å². The number of aliphatic carboxylic acids is 1. The van der Waals surface area contributed by atoms with Crippen LogP contribution in [0.2, 0.25) is 0 Å². The second-order valence-electron chi connectivity index (χ2n) is 6.28. The normalized spacial score (nSPS) is 27.9. The van der Waals surface area contributed by atoms with Gasteiger partial charge in [-0.3, -0.25) is 9.00 Å². The Morgan fingerprint density at radius 3 is 2.74 bits per heavy atom. The molecule has 110 valence electrons. The fraction of sp³-hybridized carbons (Fsp3) is 0.929. The molecule has 0 bridgehead atoms. The Labute approximate surface area is 118 Å². The minimum atomic E-state index is -0.850. The number of likely N-dealkylation sites (tertiary alicyclic amines) is 1. The summed E-state index contributed by atoms with van der Waals surface area (Å²) in [6.45, 7) is 1.15. The molecule has 1 aliphatic carbocycles. The highest BCUT2D eigenvalue weighted by Crippen LogP contribution is 2.49. The molecule has 0 radical (unpaired) electrons. The molecule has 2 aliphatic rings. The molecule has 2 fully saturated rings. The first-order valence-corrected chi connectivity index (χ1v) is 8.77. The van der Waals surface area contributed by atoms with E-state index in [1.807, 2.05) is 0 Å². The molecule has 1 aliphatic heterocycles. The fourth-order valence-corrected chi connectivity index (χ4v) is 4.81. The van der Waals surface area contributed by atoms with Crippen molar-refractivity contribution in [2.45, 2.75) is 51.0 Å². The first-order valence-electron chi connectivity index (χ1n) is 7.28. The highest BCUT2D eigenvalue weighted by Gasteiger charge is 2.45. The van der Waals surface area contributed by atoms with Crippen LogP contribution in [0.4, 0.5) is 0 Å². The summed E-state index contributed by atoms with van der Waals surface area (Å²) in [4.78, 5) is 13.2. The molecule has 0 spiro atoms. The number of rotatable bonds is 7. The van der Waals surface area contributed by atoms with E-state index in [4.69, 9.17) is 5.11 Å². The summed E-state index contributed by atoms with van der Waals surface area (Å²) in [5, 5.41) is 8.86. The molecule has 5 heteroatoms. The number of hydrogen-bond donors (Lipinski definition) is 1. The second kappa shape index (κ2) is 6.35. The molecule has 0 aromatic rings. The summed E-state index contributed by atoms with van der Waals surface area (Å²) in [5.74, 6) is 0.577. The zero-order valence-electron chi connectivity index (χ0n) is 11.8. The van der Waals surface area contributed by atoms with Crippen LogP contribution >= 0.6 is 0 Å². The lowest BCUT2D eigenvalue weighted by Gasteiger charge is -2.32. The van der Waals surface area contributed by atoms with Gasteiger partial charge in [-0.1, -0.05) is 6.42 Å². The molecular formula is C14H25NO3S. The van der Waals surface area contributed by atoms with E-state index in [0.29, 0.717) is 11.8 Å². The van der Waals surface area contributed by atoms with Crippen molar-refractivity contribution in [1.29, 1.82) is 0 Å². The molecule has 2 rings (SSSR count). The van der Waals surface area contributed by atoms with Crippen LogP contribution in [0, 0.1) is 5.41 Å². The van der Waals surface area contributed by atoms with Gasteiger partial charge in [0.25, 0.3) is 0 Å². The van der Waals surface area contributed by atoms with Gasteiger partial charge in [0.1, 0.15) is 0 Å². The topological polar surface area (TPSA) is 57.6 Å². The first kappa shape index (κ1) is 15.0. The number of carboxylic acids is 1. The minimum Gasteiger partial charge on any atom is -0.481 e. The summed E-state index contributed by atoms with van der Waals surface area (Å²) in [5.41, 5.74) is -0.130. The van der Waals surface area contributed by atoms with Crippen molar-refractivity contribution in [1.82, 2.24) is 4.90 Å². The summed E-state index contributed by atoms with van der Waals surface area (Å²) < 4.78 is 12.1. The van der Waals surface area contributed by atoms with Gasteiger partial charge >= 0.3 is 5.97 Å². The Morgan fingerprint density at radius 1 is 1.42 bits per heavy atom. The molecule has 1 saturated carbocycles. The van der Waals surface area contributed by atoms with Gasteiger partial charge in [0, 0.05) is 28.3 Å². The van der Waals surface area contributed by atoms with Crippen molar-refractivity contribution < 1.29 is 14.1 Å². The Balaban J connectivity index is 1.71. The van der Waals surface area contributed by atoms with Crippen LogP contribution in [-0.2, 0) is 15.6 Å². The van der Waals surface area contributed by atoms with Crippen LogP contribution in [-0.4, -0.2) is 51.3 Å². The summed E-state index contributed by atoms with van der Waals surface area (Å²) in [6.07, 6.45) is 6.84. The molecule has 19 heavy (non-hydrogen) atoms. The zero-order chi connectivity index (χ0) is 13.9. The van der Waals surface area contributed by atoms with Gasteiger partial charge in [0.05, 0.1) is 6.42 Å². The number of piperidine rings is 1. The van der Waals surface area contributed by atoms with Crippen molar-refractivity contribution in [2.24, 2.45) is 5.41 Å². The minimum absolute atomic E-state index is 0.130. The quantitative estimate of drug-likeness (QED) is 0.776. The molecule has 2 atom stereocenters. The third kappa shape index (κ3) is 4.56. The van der Waals surface area contributed by atoms with E-state index in [-0.39, 0.29) is 11.8 Å². The third-order valence-corrected chi connectivity index (χ3v) is 6.18. The molecule has 1 heterocycles. The van der Waals surface area contributed by atoms with Crippen molar-refractivity contribution >= 4 is 16.8 Å². The Morgan fingerprint density at radius 2 is 2.16 bits per heavy atom. The zero-order valence-corrected chi connectivity index (χ0v) is 12.6. The number of nitrogens with zero attached hydrogens (tertiary/aromatic N) is 1. The maximum atomic E-state index is 12.1. The van der Waals surface area contributed by atoms with Crippen molar-refractivity contribution in [3.63, 3.8) is 0 Å². The molecular weight excluding hydrogens is 262 g/mol. The number of hydrogen-bond acceptors (Lipinski definition) is 3. The smallest absolute Gasteiger partial charge is 0.303 e. The van der Waals surface area contributed by atoms with Gasteiger partial charge in [0.15, 0.2) is 0 Å². The van der Waals surface area contributed by atoms with Crippen LogP contribution in [0.3, 0.4) is 0 Å². The van der Waals surface area contributed by atoms with Gasteiger partial charge in [0.2, 0.25) is 0 Å². The lowest BCUT2D eigenvalue weighted by Crippen LogP contribution is -2.37. The standard InChI is InChI=1S/C14H25NO3S/c1-15-8-3-2-4-12(15)5-9-19(18)11-14(6-7-14)10-13(16)17/h12H,2-11H2,1H3,(H,16,17). The number of carbonyl (C=O) groups is 1. The van der Waals surface area contributed by atoms with Crippen LogP contribution in [0.15, 0.2) is 0 Å². The molecule has 0 aromatic carbocycles. The Kier molecular flexibility index (Phi) is 5.01. The third-order valence-electron chi connectivity index (χ3n) is 4.55. The van der Waals surface area contributed by atoms with E-state index in [1.54, 1.807) is 0 Å². The van der Waals surface area contributed by atoms with Crippen molar-refractivity contribution in [2.75, 3.05) is 25.1 Å². The predicted molar refractivity (Wildman–Crippen MR) is 76.7 cm³/mol. The molecule has 1 N–H and O–H groups in total. The van der Waals surface area contributed by atoms with Crippen LogP contribution in [0.25, 0.3) is 0 Å². The van der Waals surface area contributed by atoms with E-state index in [9.17, 15) is 9.00 Å². The lowest BCUT2D eigenvalue weighted by atomic mass is 10.0. The van der Waals surface area contributed by atoms with Gasteiger partial charge in [-0.15, -0.1) is 0 Å². The Hall–Kier alpha value is -0.420. The molecule has 0 aromatic heterocycles. The highest BCUT2D eigenvalue weighted by atomic mass is 32.2. The van der Waals surface area contributed by atoms with Gasteiger partial charge < -0.3 is 10.0 Å². The van der Waals surface area contributed by atoms with Crippen LogP contribution in [0.5, 0.6) is 0 Å². The Bertz CT molecular complexity index is 355. The summed E-state index contributed by atoms with van der Waals surface area (Å²) in [6, 6.07) is 0.576. The monoisotopic (exact) mass is 287 g/mol. The summed E-state index contributed by atoms with van der Waals surface area (Å²) in [7, 11) is 1.30.